The maximum atomic E-state index is 13.2. The van der Waals surface area contributed by atoms with Gasteiger partial charge in [0.1, 0.15) is 0 Å². The van der Waals surface area contributed by atoms with Gasteiger partial charge in [0, 0.05) is 5.02 Å². The van der Waals surface area contributed by atoms with Crippen molar-refractivity contribution in [3.8, 4) is 0 Å². The van der Waals surface area contributed by atoms with Crippen LogP contribution in [0.2, 0.25) is 5.02 Å². The van der Waals surface area contributed by atoms with Crippen LogP contribution in [0, 0.1) is 11.8 Å². The van der Waals surface area contributed by atoms with Gasteiger partial charge in [-0.1, -0.05) is 17.7 Å². The summed E-state index contributed by atoms with van der Waals surface area (Å²) in [5, 5.41) is 0.546. The monoisotopic (exact) mass is 361 g/mol. The number of amides is 2. The Labute approximate surface area is 149 Å². The number of ether oxygens (including phenoxy) is 3. The standard InChI is InChI=1S/C18H16ClNO5/c1-17-6-7-18(25-17,16-23-8-9-24-16)13-12(17)14(21)20(15(13)22)11-4-2-10(19)3-5-11/h2-7,12-13,16H,8-9H2,1H3/t12-,13+,17+,18+/m0/s1. The molecule has 0 aromatic heterocycles. The van der Waals surface area contributed by atoms with E-state index in [9.17, 15) is 9.59 Å². The number of anilines is 1. The third kappa shape index (κ3) is 1.85. The highest BCUT2D eigenvalue weighted by atomic mass is 35.5. The van der Waals surface area contributed by atoms with Gasteiger partial charge in [-0.2, -0.15) is 0 Å². The van der Waals surface area contributed by atoms with E-state index < -0.39 is 29.3 Å². The molecule has 2 amide bonds. The van der Waals surface area contributed by atoms with Crippen LogP contribution < -0.4 is 4.90 Å². The summed E-state index contributed by atoms with van der Waals surface area (Å²) in [4.78, 5) is 27.6. The van der Waals surface area contributed by atoms with Crippen LogP contribution in [-0.4, -0.2) is 42.5 Å². The van der Waals surface area contributed by atoms with Crippen molar-refractivity contribution in [2.75, 3.05) is 18.1 Å². The zero-order valence-electron chi connectivity index (χ0n) is 13.5. The Balaban J connectivity index is 1.59. The molecule has 130 valence electrons. The first kappa shape index (κ1) is 15.5. The van der Waals surface area contributed by atoms with Crippen molar-refractivity contribution >= 4 is 29.1 Å². The second-order valence-corrected chi connectivity index (χ2v) is 7.43. The van der Waals surface area contributed by atoms with Crippen LogP contribution in [0.1, 0.15) is 6.92 Å². The fourth-order valence-corrected chi connectivity index (χ4v) is 4.64. The lowest BCUT2D eigenvalue weighted by Crippen LogP contribution is -2.49. The summed E-state index contributed by atoms with van der Waals surface area (Å²) >= 11 is 5.92. The van der Waals surface area contributed by atoms with E-state index in [0.717, 1.165) is 0 Å². The molecule has 0 radical (unpaired) electrons. The molecule has 3 saturated heterocycles. The van der Waals surface area contributed by atoms with E-state index in [2.05, 4.69) is 0 Å². The first-order chi connectivity index (χ1) is 12.0. The Kier molecular flexibility index (Phi) is 3.05. The molecular weight excluding hydrogens is 346 g/mol. The summed E-state index contributed by atoms with van der Waals surface area (Å²) in [6.07, 6.45) is 3.01. The minimum absolute atomic E-state index is 0.260. The van der Waals surface area contributed by atoms with Crippen molar-refractivity contribution in [1.82, 2.24) is 0 Å². The van der Waals surface area contributed by atoms with Gasteiger partial charge in [0.2, 0.25) is 11.8 Å². The third-order valence-corrected chi connectivity index (χ3v) is 5.81. The van der Waals surface area contributed by atoms with Crippen molar-refractivity contribution < 1.29 is 23.8 Å². The number of carbonyl (C=O) groups excluding carboxylic acids is 2. The number of hydrogen-bond acceptors (Lipinski definition) is 5. The fraction of sp³-hybridized carbons (Fsp3) is 0.444. The minimum Gasteiger partial charge on any atom is -0.354 e. The van der Waals surface area contributed by atoms with Crippen molar-refractivity contribution in [1.29, 1.82) is 0 Å². The van der Waals surface area contributed by atoms with E-state index >= 15 is 0 Å². The van der Waals surface area contributed by atoms with Gasteiger partial charge in [0.05, 0.1) is 36.3 Å². The summed E-state index contributed by atoms with van der Waals surface area (Å²) in [5.41, 5.74) is -1.38. The maximum absolute atomic E-state index is 13.2. The molecule has 1 aromatic rings. The molecule has 3 fully saturated rings. The van der Waals surface area contributed by atoms with Gasteiger partial charge in [-0.05, 0) is 37.3 Å². The van der Waals surface area contributed by atoms with Crippen molar-refractivity contribution in [3.05, 3.63) is 41.4 Å². The molecule has 2 bridgehead atoms. The second-order valence-electron chi connectivity index (χ2n) is 6.99. The Bertz CT molecular complexity index is 802. The van der Waals surface area contributed by atoms with E-state index in [1.165, 1.54) is 4.90 Å². The number of nitrogens with zero attached hydrogens (tertiary/aromatic N) is 1. The lowest BCUT2D eigenvalue weighted by Gasteiger charge is -2.32. The molecule has 1 aromatic carbocycles. The number of rotatable bonds is 2. The normalized spacial score (nSPS) is 39.7. The summed E-state index contributed by atoms with van der Waals surface area (Å²) in [6.45, 7) is 2.73. The largest absolute Gasteiger partial charge is 0.354 e. The number of benzene rings is 1. The first-order valence-corrected chi connectivity index (χ1v) is 8.61. The second kappa shape index (κ2) is 4.92. The molecule has 0 unspecified atom stereocenters. The smallest absolute Gasteiger partial charge is 0.241 e. The van der Waals surface area contributed by atoms with E-state index in [0.29, 0.717) is 23.9 Å². The molecular formula is C18H16ClNO5. The predicted molar refractivity (Wildman–Crippen MR) is 88.0 cm³/mol. The molecule has 4 heterocycles. The summed E-state index contributed by atoms with van der Waals surface area (Å²) in [7, 11) is 0. The van der Waals surface area contributed by atoms with E-state index in [1.807, 2.05) is 19.1 Å². The summed E-state index contributed by atoms with van der Waals surface area (Å²) in [6, 6.07) is 6.67. The fourth-order valence-electron chi connectivity index (χ4n) is 4.52. The molecule has 4 aliphatic heterocycles. The van der Waals surface area contributed by atoms with E-state index in [4.69, 9.17) is 25.8 Å². The van der Waals surface area contributed by atoms with Gasteiger partial charge >= 0.3 is 0 Å². The quantitative estimate of drug-likeness (QED) is 0.595. The Hall–Kier alpha value is -1.73. The molecule has 4 aliphatic rings. The number of fused-ring (bicyclic) bond motifs is 5. The zero-order valence-corrected chi connectivity index (χ0v) is 14.2. The van der Waals surface area contributed by atoms with Gasteiger partial charge in [0.25, 0.3) is 0 Å². The highest BCUT2D eigenvalue weighted by molar-refractivity contribution is 6.31. The molecule has 25 heavy (non-hydrogen) atoms. The van der Waals surface area contributed by atoms with Crippen molar-refractivity contribution in [3.63, 3.8) is 0 Å². The van der Waals surface area contributed by atoms with Crippen molar-refractivity contribution in [2.45, 2.75) is 24.4 Å². The van der Waals surface area contributed by atoms with Gasteiger partial charge in [-0.3, -0.25) is 9.59 Å². The molecule has 0 N–H and O–H groups in total. The predicted octanol–water partition coefficient (Wildman–Crippen LogP) is 1.92. The molecule has 0 saturated carbocycles. The average Bonchev–Trinajstić information content (AvgIpc) is 3.31. The van der Waals surface area contributed by atoms with E-state index in [1.54, 1.807) is 24.3 Å². The third-order valence-electron chi connectivity index (χ3n) is 5.56. The van der Waals surface area contributed by atoms with Crippen LogP contribution in [-0.2, 0) is 23.8 Å². The molecule has 5 rings (SSSR count). The lowest BCUT2D eigenvalue weighted by atomic mass is 9.72. The average molecular weight is 362 g/mol. The highest BCUT2D eigenvalue weighted by Crippen LogP contribution is 2.59. The number of carbonyl (C=O) groups is 2. The van der Waals surface area contributed by atoms with Crippen molar-refractivity contribution in [2.24, 2.45) is 11.8 Å². The van der Waals surface area contributed by atoms with Gasteiger partial charge in [-0.25, -0.2) is 4.90 Å². The minimum atomic E-state index is -1.05. The number of hydrogen-bond donors (Lipinski definition) is 0. The topological polar surface area (TPSA) is 65.1 Å². The molecule has 6 nitrogen and oxygen atoms in total. The highest BCUT2D eigenvalue weighted by Gasteiger charge is 2.75. The maximum Gasteiger partial charge on any atom is 0.241 e. The van der Waals surface area contributed by atoms with Gasteiger partial charge in [-0.15, -0.1) is 0 Å². The molecule has 0 spiro atoms. The molecule has 4 atom stereocenters. The Morgan fingerprint density at radius 2 is 1.68 bits per heavy atom. The lowest BCUT2D eigenvalue weighted by molar-refractivity contribution is -0.190. The number of halogens is 1. The zero-order chi connectivity index (χ0) is 17.4. The summed E-state index contributed by atoms with van der Waals surface area (Å²) in [5.74, 6) is -1.80. The van der Waals surface area contributed by atoms with Gasteiger partial charge < -0.3 is 14.2 Å². The molecule has 7 heteroatoms. The SMILES string of the molecule is C[C@]12C=C[C@@](C3OCCO3)(O1)[C@H]1C(=O)N(c3ccc(Cl)cc3)C(=O)[C@H]12. The molecule has 0 aliphatic carbocycles. The summed E-state index contributed by atoms with van der Waals surface area (Å²) < 4.78 is 17.5. The van der Waals surface area contributed by atoms with Gasteiger partial charge in [0.15, 0.2) is 11.9 Å². The van der Waals surface area contributed by atoms with Crippen LogP contribution in [0.5, 0.6) is 0 Å². The van der Waals surface area contributed by atoms with Crippen LogP contribution in [0.4, 0.5) is 5.69 Å². The Morgan fingerprint density at radius 1 is 1.04 bits per heavy atom. The van der Waals surface area contributed by atoms with Crippen LogP contribution >= 0.6 is 11.6 Å². The Morgan fingerprint density at radius 3 is 2.36 bits per heavy atom. The van der Waals surface area contributed by atoms with Crippen LogP contribution in [0.3, 0.4) is 0 Å². The van der Waals surface area contributed by atoms with E-state index in [-0.39, 0.29) is 11.8 Å². The first-order valence-electron chi connectivity index (χ1n) is 8.23. The number of imide groups is 1. The van der Waals surface area contributed by atoms with Crippen LogP contribution in [0.25, 0.3) is 0 Å². The van der Waals surface area contributed by atoms with Crippen LogP contribution in [0.15, 0.2) is 36.4 Å².